The van der Waals surface area contributed by atoms with Crippen LogP contribution in [0.2, 0.25) is 0 Å². The van der Waals surface area contributed by atoms with Crippen molar-refractivity contribution >= 4 is 5.69 Å². The summed E-state index contributed by atoms with van der Waals surface area (Å²) in [5, 5.41) is 3.10. The second kappa shape index (κ2) is 6.76. The molecular weight excluding hydrogens is 374 g/mol. The summed E-state index contributed by atoms with van der Waals surface area (Å²) in [5.74, 6) is 0. The van der Waals surface area contributed by atoms with E-state index in [0.29, 0.717) is 18.8 Å². The standard InChI is InChI=1S/C17H14F6N4/c18-16(19,20)14-9-15(17(21,22)23)27(25-14)13-3-1-12(2-4-13)26-7-5-11(10-24)6-8-26/h1-7,9H,8,10,24H2. The molecule has 0 bridgehead atoms. The van der Waals surface area contributed by atoms with Crippen LogP contribution in [0.3, 0.4) is 0 Å². The first kappa shape index (κ1) is 19.0. The van der Waals surface area contributed by atoms with E-state index in [9.17, 15) is 26.3 Å². The molecule has 144 valence electrons. The van der Waals surface area contributed by atoms with Crippen molar-refractivity contribution in [1.29, 1.82) is 0 Å². The van der Waals surface area contributed by atoms with Gasteiger partial charge >= 0.3 is 12.4 Å². The third kappa shape index (κ3) is 4.00. The average Bonchev–Trinajstić information content (AvgIpc) is 3.08. The molecule has 4 nitrogen and oxygen atoms in total. The molecule has 2 heterocycles. The summed E-state index contributed by atoms with van der Waals surface area (Å²) in [6.07, 6.45) is -4.47. The van der Waals surface area contributed by atoms with Gasteiger partial charge in [0.05, 0.1) is 5.69 Å². The van der Waals surface area contributed by atoms with Crippen molar-refractivity contribution in [2.24, 2.45) is 5.73 Å². The number of benzene rings is 1. The molecule has 0 saturated carbocycles. The van der Waals surface area contributed by atoms with E-state index in [1.165, 1.54) is 24.3 Å². The first-order valence-corrected chi connectivity index (χ1v) is 7.78. The number of hydrogen-bond donors (Lipinski definition) is 1. The summed E-state index contributed by atoms with van der Waals surface area (Å²) in [6, 6.07) is 5.59. The lowest BCUT2D eigenvalue weighted by molar-refractivity contribution is -0.143. The zero-order valence-electron chi connectivity index (χ0n) is 13.7. The molecule has 0 spiro atoms. The predicted octanol–water partition coefficient (Wildman–Crippen LogP) is 4.13. The molecule has 0 atom stereocenters. The van der Waals surface area contributed by atoms with E-state index in [-0.39, 0.29) is 16.4 Å². The Bertz CT molecular complexity index is 874. The van der Waals surface area contributed by atoms with Crippen molar-refractivity contribution in [3.8, 4) is 5.69 Å². The van der Waals surface area contributed by atoms with Crippen LogP contribution in [0.15, 0.2) is 54.3 Å². The van der Waals surface area contributed by atoms with Gasteiger partial charge in [0.2, 0.25) is 0 Å². The second-order valence-electron chi connectivity index (χ2n) is 5.79. The molecule has 0 saturated heterocycles. The van der Waals surface area contributed by atoms with Crippen LogP contribution in [0, 0.1) is 0 Å². The van der Waals surface area contributed by atoms with Crippen LogP contribution in [0.5, 0.6) is 0 Å². The molecule has 0 radical (unpaired) electrons. The van der Waals surface area contributed by atoms with E-state index < -0.39 is 23.7 Å². The summed E-state index contributed by atoms with van der Waals surface area (Å²) in [5.41, 5.74) is 3.94. The Morgan fingerprint density at radius 1 is 0.963 bits per heavy atom. The quantitative estimate of drug-likeness (QED) is 0.805. The fraction of sp³-hybridized carbons (Fsp3) is 0.235. The van der Waals surface area contributed by atoms with Gasteiger partial charge in [-0.2, -0.15) is 31.4 Å². The molecule has 1 aromatic heterocycles. The normalized spacial score (nSPS) is 15.2. The molecule has 0 fully saturated rings. The Balaban J connectivity index is 1.93. The van der Waals surface area contributed by atoms with Crippen molar-refractivity contribution in [3.05, 3.63) is 65.6 Å². The highest BCUT2D eigenvalue weighted by atomic mass is 19.4. The van der Waals surface area contributed by atoms with Gasteiger partial charge in [0.25, 0.3) is 0 Å². The predicted molar refractivity (Wildman–Crippen MR) is 87.2 cm³/mol. The summed E-state index contributed by atoms with van der Waals surface area (Å²) in [7, 11) is 0. The number of halogens is 6. The largest absolute Gasteiger partial charge is 0.435 e. The minimum Gasteiger partial charge on any atom is -0.344 e. The third-order valence-corrected chi connectivity index (χ3v) is 3.97. The maximum absolute atomic E-state index is 13.1. The number of anilines is 1. The third-order valence-electron chi connectivity index (χ3n) is 3.97. The number of alkyl halides is 6. The van der Waals surface area contributed by atoms with Gasteiger partial charge in [-0.25, -0.2) is 4.68 Å². The van der Waals surface area contributed by atoms with Crippen molar-refractivity contribution in [2.75, 3.05) is 18.0 Å². The van der Waals surface area contributed by atoms with Gasteiger partial charge in [-0.3, -0.25) is 0 Å². The minimum absolute atomic E-state index is 0.000424. The minimum atomic E-state index is -4.98. The lowest BCUT2D eigenvalue weighted by Crippen LogP contribution is -2.20. The van der Waals surface area contributed by atoms with Crippen LogP contribution in [-0.4, -0.2) is 22.9 Å². The summed E-state index contributed by atoms with van der Waals surface area (Å²) in [6.45, 7) is 0.917. The molecular formula is C17H14F6N4. The van der Waals surface area contributed by atoms with E-state index in [2.05, 4.69) is 5.10 Å². The van der Waals surface area contributed by atoms with Gasteiger partial charge in [0.1, 0.15) is 5.69 Å². The fourth-order valence-electron chi connectivity index (χ4n) is 2.58. The van der Waals surface area contributed by atoms with Crippen LogP contribution in [0.25, 0.3) is 5.69 Å². The molecule has 0 aliphatic carbocycles. The zero-order chi connectivity index (χ0) is 19.8. The number of hydrogen-bond acceptors (Lipinski definition) is 3. The maximum atomic E-state index is 13.1. The van der Waals surface area contributed by atoms with Crippen LogP contribution in [-0.2, 0) is 12.4 Å². The Morgan fingerprint density at radius 3 is 2.07 bits per heavy atom. The van der Waals surface area contributed by atoms with Crippen molar-refractivity contribution in [1.82, 2.24) is 9.78 Å². The first-order valence-electron chi connectivity index (χ1n) is 7.78. The van der Waals surface area contributed by atoms with Gasteiger partial charge < -0.3 is 10.6 Å². The van der Waals surface area contributed by atoms with Crippen LogP contribution < -0.4 is 10.6 Å². The van der Waals surface area contributed by atoms with Gasteiger partial charge in [-0.05, 0) is 35.9 Å². The molecule has 0 unspecified atom stereocenters. The highest BCUT2D eigenvalue weighted by molar-refractivity contribution is 5.55. The molecule has 2 N–H and O–H groups in total. The highest BCUT2D eigenvalue weighted by Crippen LogP contribution is 2.36. The van der Waals surface area contributed by atoms with E-state index >= 15 is 0 Å². The molecule has 1 aliphatic rings. The molecule has 0 amide bonds. The lowest BCUT2D eigenvalue weighted by atomic mass is 10.1. The van der Waals surface area contributed by atoms with Crippen LogP contribution in [0.4, 0.5) is 32.0 Å². The van der Waals surface area contributed by atoms with Gasteiger partial charge in [-0.1, -0.05) is 6.08 Å². The van der Waals surface area contributed by atoms with Gasteiger partial charge in [0.15, 0.2) is 5.69 Å². The number of nitrogens with zero attached hydrogens (tertiary/aromatic N) is 3. The Labute approximate surface area is 150 Å². The topological polar surface area (TPSA) is 47.1 Å². The molecule has 2 aromatic rings. The lowest BCUT2D eigenvalue weighted by Gasteiger charge is -2.23. The van der Waals surface area contributed by atoms with E-state index in [4.69, 9.17) is 5.73 Å². The Kier molecular flexibility index (Phi) is 4.77. The maximum Gasteiger partial charge on any atom is 0.435 e. The molecule has 3 rings (SSSR count). The van der Waals surface area contributed by atoms with Crippen LogP contribution >= 0.6 is 0 Å². The summed E-state index contributed by atoms with van der Waals surface area (Å²) in [4.78, 5) is 1.82. The average molecular weight is 388 g/mol. The van der Waals surface area contributed by atoms with E-state index in [0.717, 1.165) is 5.57 Å². The monoisotopic (exact) mass is 388 g/mol. The van der Waals surface area contributed by atoms with Gasteiger partial charge in [0, 0.05) is 31.0 Å². The summed E-state index contributed by atoms with van der Waals surface area (Å²) < 4.78 is 77.9. The van der Waals surface area contributed by atoms with Crippen LogP contribution in [0.1, 0.15) is 11.4 Å². The molecule has 10 heteroatoms. The first-order chi connectivity index (χ1) is 12.6. The summed E-state index contributed by atoms with van der Waals surface area (Å²) >= 11 is 0. The number of nitrogens with two attached hydrogens (primary N) is 1. The Morgan fingerprint density at radius 2 is 1.59 bits per heavy atom. The smallest absolute Gasteiger partial charge is 0.344 e. The van der Waals surface area contributed by atoms with E-state index in [1.54, 1.807) is 6.20 Å². The van der Waals surface area contributed by atoms with Crippen molar-refractivity contribution < 1.29 is 26.3 Å². The highest BCUT2D eigenvalue weighted by Gasteiger charge is 2.42. The van der Waals surface area contributed by atoms with Crippen molar-refractivity contribution in [2.45, 2.75) is 12.4 Å². The number of rotatable bonds is 3. The molecule has 27 heavy (non-hydrogen) atoms. The fourth-order valence-corrected chi connectivity index (χ4v) is 2.58. The van der Waals surface area contributed by atoms with Gasteiger partial charge in [-0.15, -0.1) is 0 Å². The zero-order valence-corrected chi connectivity index (χ0v) is 13.7. The molecule has 1 aromatic carbocycles. The van der Waals surface area contributed by atoms with Crippen molar-refractivity contribution in [3.63, 3.8) is 0 Å². The Hall–Kier alpha value is -2.75. The van der Waals surface area contributed by atoms with E-state index in [1.807, 2.05) is 17.1 Å². The number of aromatic nitrogens is 2. The SMILES string of the molecule is NCC1=CCN(c2ccc(-n3nc(C(F)(F)F)cc3C(F)(F)F)cc2)C=C1. The molecule has 1 aliphatic heterocycles. The second-order valence-corrected chi connectivity index (χ2v) is 5.79.